The van der Waals surface area contributed by atoms with Crippen molar-refractivity contribution >= 4 is 11.8 Å². The Kier molecular flexibility index (Phi) is 5.37. The van der Waals surface area contributed by atoms with Gasteiger partial charge in [0, 0.05) is 29.3 Å². The van der Waals surface area contributed by atoms with Crippen molar-refractivity contribution in [3.8, 4) is 0 Å². The minimum absolute atomic E-state index is 0.0550. The predicted molar refractivity (Wildman–Crippen MR) is 97.1 cm³/mol. The van der Waals surface area contributed by atoms with E-state index in [9.17, 15) is 22.8 Å². The van der Waals surface area contributed by atoms with Crippen molar-refractivity contribution in [3.63, 3.8) is 0 Å². The van der Waals surface area contributed by atoms with E-state index in [1.807, 2.05) is 0 Å². The summed E-state index contributed by atoms with van der Waals surface area (Å²) in [5.74, 6) is -2.06. The fourth-order valence-electron chi connectivity index (χ4n) is 3.85. The summed E-state index contributed by atoms with van der Waals surface area (Å²) in [7, 11) is 0. The number of ketones is 1. The number of rotatable bonds is 3. The molecule has 150 valence electrons. The Morgan fingerprint density at radius 3 is 2.54 bits per heavy atom. The molecule has 0 radical (unpaired) electrons. The SMILES string of the molecule is CC1=C(C(=O)OC(C)C)[C@H](c2ccccc2C(F)(F)F)C2=C(CCCC2=O)N1. The van der Waals surface area contributed by atoms with Gasteiger partial charge in [0.25, 0.3) is 0 Å². The second-order valence-electron chi connectivity index (χ2n) is 7.30. The average molecular weight is 393 g/mol. The number of esters is 1. The summed E-state index contributed by atoms with van der Waals surface area (Å²) in [6, 6.07) is 5.10. The van der Waals surface area contributed by atoms with Crippen molar-refractivity contribution in [2.75, 3.05) is 0 Å². The van der Waals surface area contributed by atoms with Crippen molar-refractivity contribution in [3.05, 3.63) is 57.9 Å². The van der Waals surface area contributed by atoms with Gasteiger partial charge in [0.15, 0.2) is 5.78 Å². The zero-order chi connectivity index (χ0) is 20.6. The lowest BCUT2D eigenvalue weighted by Gasteiger charge is -2.35. The van der Waals surface area contributed by atoms with E-state index in [1.54, 1.807) is 20.8 Å². The minimum Gasteiger partial charge on any atom is -0.460 e. The fraction of sp³-hybridized carbons (Fsp3) is 0.429. The summed E-state index contributed by atoms with van der Waals surface area (Å²) in [6.07, 6.45) is -3.63. The maximum absolute atomic E-state index is 13.7. The van der Waals surface area contributed by atoms with Crippen LogP contribution in [-0.2, 0) is 20.5 Å². The maximum atomic E-state index is 13.7. The third-order valence-electron chi connectivity index (χ3n) is 4.92. The normalized spacial score (nSPS) is 20.2. The Hall–Kier alpha value is -2.57. The molecule has 1 aromatic rings. The molecule has 0 aromatic heterocycles. The first-order valence-electron chi connectivity index (χ1n) is 9.22. The van der Waals surface area contributed by atoms with Crippen molar-refractivity contribution in [1.29, 1.82) is 0 Å². The third kappa shape index (κ3) is 3.70. The molecular formula is C21H22F3NO3. The zero-order valence-electron chi connectivity index (χ0n) is 15.9. The second kappa shape index (κ2) is 7.45. The number of ether oxygens (including phenoxy) is 1. The first-order valence-corrected chi connectivity index (χ1v) is 9.22. The molecule has 0 bridgehead atoms. The summed E-state index contributed by atoms with van der Waals surface area (Å²) in [6.45, 7) is 4.96. The largest absolute Gasteiger partial charge is 0.460 e. The highest BCUT2D eigenvalue weighted by Gasteiger charge is 2.43. The van der Waals surface area contributed by atoms with Crippen LogP contribution >= 0.6 is 0 Å². The van der Waals surface area contributed by atoms with Gasteiger partial charge < -0.3 is 10.1 Å². The predicted octanol–water partition coefficient (Wildman–Crippen LogP) is 4.62. The van der Waals surface area contributed by atoms with Crippen LogP contribution in [0.15, 0.2) is 46.8 Å². The molecule has 1 atom stereocenters. The van der Waals surface area contributed by atoms with Crippen LogP contribution in [0.2, 0.25) is 0 Å². The number of carbonyl (C=O) groups excluding carboxylic acids is 2. The maximum Gasteiger partial charge on any atom is 0.416 e. The number of halogens is 3. The number of alkyl halides is 3. The second-order valence-corrected chi connectivity index (χ2v) is 7.30. The molecule has 0 unspecified atom stereocenters. The zero-order valence-corrected chi connectivity index (χ0v) is 15.9. The van der Waals surface area contributed by atoms with Gasteiger partial charge in [0.05, 0.1) is 17.2 Å². The summed E-state index contributed by atoms with van der Waals surface area (Å²) in [5.41, 5.74) is 0.352. The van der Waals surface area contributed by atoms with Gasteiger partial charge in [0.1, 0.15) is 0 Å². The van der Waals surface area contributed by atoms with Crippen molar-refractivity contribution in [1.82, 2.24) is 5.32 Å². The van der Waals surface area contributed by atoms with Crippen molar-refractivity contribution in [2.45, 2.75) is 58.2 Å². The molecule has 0 saturated carbocycles. The van der Waals surface area contributed by atoms with Gasteiger partial charge >= 0.3 is 12.1 Å². The molecule has 7 heteroatoms. The monoisotopic (exact) mass is 393 g/mol. The first-order chi connectivity index (χ1) is 13.1. The molecule has 0 saturated heterocycles. The van der Waals surface area contributed by atoms with Gasteiger partial charge in [-0.15, -0.1) is 0 Å². The molecule has 1 N–H and O–H groups in total. The lowest BCUT2D eigenvalue weighted by atomic mass is 9.74. The van der Waals surface area contributed by atoms with Crippen LogP contribution in [0.4, 0.5) is 13.2 Å². The van der Waals surface area contributed by atoms with E-state index in [4.69, 9.17) is 4.74 Å². The number of dihydropyridines is 1. The number of hydrogen-bond donors (Lipinski definition) is 1. The Bertz CT molecular complexity index is 881. The van der Waals surface area contributed by atoms with Gasteiger partial charge in [-0.2, -0.15) is 13.2 Å². The average Bonchev–Trinajstić information content (AvgIpc) is 2.59. The van der Waals surface area contributed by atoms with Gasteiger partial charge in [-0.05, 0) is 45.2 Å². The van der Waals surface area contributed by atoms with E-state index >= 15 is 0 Å². The standard InChI is InChI=1S/C21H22F3NO3/c1-11(2)28-20(27)17-12(3)25-15-9-6-10-16(26)19(15)18(17)13-7-4-5-8-14(13)21(22,23)24/h4-5,7-8,11,18,25H,6,9-10H2,1-3H3/t18-/m0/s1. The molecule has 2 aliphatic rings. The number of allylic oxidation sites excluding steroid dienone is 3. The van der Waals surface area contributed by atoms with Gasteiger partial charge in [-0.3, -0.25) is 4.79 Å². The minimum atomic E-state index is -4.61. The highest BCUT2D eigenvalue weighted by molar-refractivity contribution is 6.03. The number of hydrogen-bond acceptors (Lipinski definition) is 4. The van der Waals surface area contributed by atoms with Crippen LogP contribution in [-0.4, -0.2) is 17.9 Å². The molecule has 1 aliphatic carbocycles. The Labute approximate surface area is 161 Å². The van der Waals surface area contributed by atoms with E-state index in [1.165, 1.54) is 18.2 Å². The van der Waals surface area contributed by atoms with Crippen LogP contribution in [0.3, 0.4) is 0 Å². The molecule has 0 fully saturated rings. The molecule has 1 aliphatic heterocycles. The fourth-order valence-corrected chi connectivity index (χ4v) is 3.85. The quantitative estimate of drug-likeness (QED) is 0.761. The molecule has 28 heavy (non-hydrogen) atoms. The molecule has 3 rings (SSSR count). The van der Waals surface area contributed by atoms with E-state index < -0.39 is 29.7 Å². The molecule has 0 amide bonds. The Balaban J connectivity index is 2.25. The van der Waals surface area contributed by atoms with Crippen molar-refractivity contribution < 1.29 is 27.5 Å². The van der Waals surface area contributed by atoms with Gasteiger partial charge in [0.2, 0.25) is 0 Å². The number of carbonyl (C=O) groups is 2. The lowest BCUT2D eigenvalue weighted by molar-refractivity contribution is -0.143. The first kappa shape index (κ1) is 20.2. The van der Waals surface area contributed by atoms with Crippen LogP contribution in [0, 0.1) is 0 Å². The molecular weight excluding hydrogens is 371 g/mol. The summed E-state index contributed by atoms with van der Waals surface area (Å²) in [4.78, 5) is 25.5. The van der Waals surface area contributed by atoms with Crippen LogP contribution in [0.1, 0.15) is 57.1 Å². The van der Waals surface area contributed by atoms with E-state index in [0.29, 0.717) is 24.2 Å². The highest BCUT2D eigenvalue weighted by atomic mass is 19.4. The topological polar surface area (TPSA) is 55.4 Å². The molecule has 1 heterocycles. The summed E-state index contributed by atoms with van der Waals surface area (Å²) in [5, 5.41) is 3.07. The number of benzene rings is 1. The van der Waals surface area contributed by atoms with Crippen molar-refractivity contribution in [2.24, 2.45) is 0 Å². The van der Waals surface area contributed by atoms with Crippen LogP contribution in [0.5, 0.6) is 0 Å². The lowest BCUT2D eigenvalue weighted by Crippen LogP contribution is -2.35. The summed E-state index contributed by atoms with van der Waals surface area (Å²) < 4.78 is 46.4. The Morgan fingerprint density at radius 1 is 1.21 bits per heavy atom. The Morgan fingerprint density at radius 2 is 1.89 bits per heavy atom. The summed E-state index contributed by atoms with van der Waals surface area (Å²) >= 11 is 0. The molecule has 1 aromatic carbocycles. The highest BCUT2D eigenvalue weighted by Crippen LogP contribution is 2.46. The smallest absolute Gasteiger partial charge is 0.416 e. The van der Waals surface area contributed by atoms with Crippen LogP contribution in [0.25, 0.3) is 0 Å². The third-order valence-corrected chi connectivity index (χ3v) is 4.92. The van der Waals surface area contributed by atoms with Crippen LogP contribution < -0.4 is 5.32 Å². The van der Waals surface area contributed by atoms with E-state index in [-0.39, 0.29) is 28.9 Å². The molecule has 4 nitrogen and oxygen atoms in total. The van der Waals surface area contributed by atoms with E-state index in [0.717, 1.165) is 6.07 Å². The van der Waals surface area contributed by atoms with Gasteiger partial charge in [-0.1, -0.05) is 18.2 Å². The number of Topliss-reactive ketones (excluding diaryl/α,β-unsaturated/α-hetero) is 1. The number of nitrogens with one attached hydrogen (secondary N) is 1. The van der Waals surface area contributed by atoms with E-state index in [2.05, 4.69) is 5.32 Å². The van der Waals surface area contributed by atoms with Gasteiger partial charge in [-0.25, -0.2) is 4.79 Å². The molecule has 0 spiro atoms.